The van der Waals surface area contributed by atoms with Gasteiger partial charge in [0.2, 0.25) is 0 Å². The second-order valence-corrected chi connectivity index (χ2v) is 7.36. The zero-order chi connectivity index (χ0) is 20.7. The number of fused-ring (bicyclic) bond motifs is 3. The average molecular weight is 415 g/mol. The highest BCUT2D eigenvalue weighted by Crippen LogP contribution is 2.33. The van der Waals surface area contributed by atoms with E-state index >= 15 is 0 Å². The number of carbonyl (C=O) groups excluding carboxylic acids is 1. The summed E-state index contributed by atoms with van der Waals surface area (Å²) in [5, 5.41) is 1.06. The normalized spacial score (nSPS) is 14.1. The number of amides is 1. The van der Waals surface area contributed by atoms with Crippen LogP contribution < -0.4 is 5.73 Å². The van der Waals surface area contributed by atoms with Gasteiger partial charge in [-0.2, -0.15) is 0 Å². The number of aromatic nitrogens is 2. The van der Waals surface area contributed by atoms with E-state index in [1.807, 2.05) is 19.9 Å². The van der Waals surface area contributed by atoms with Gasteiger partial charge in [-0.1, -0.05) is 17.7 Å². The maximum absolute atomic E-state index is 14.9. The smallest absolute Gasteiger partial charge is 0.257 e. The number of hydrogen-bond donors (Lipinski definition) is 1. The Morgan fingerprint density at radius 3 is 2.79 bits per heavy atom. The lowest BCUT2D eigenvalue weighted by Crippen LogP contribution is -2.34. The second-order valence-electron chi connectivity index (χ2n) is 6.98. The quantitative estimate of drug-likeness (QED) is 0.645. The van der Waals surface area contributed by atoms with Gasteiger partial charge < -0.3 is 15.4 Å². The Balaban J connectivity index is 1.76. The highest BCUT2D eigenvalue weighted by molar-refractivity contribution is 6.29. The van der Waals surface area contributed by atoms with Crippen LogP contribution in [0.15, 0.2) is 30.5 Å². The topological polar surface area (TPSA) is 81.3 Å². The fraction of sp³-hybridized carbons (Fsp3) is 0.286. The van der Waals surface area contributed by atoms with Crippen molar-refractivity contribution in [3.8, 4) is 0 Å². The van der Waals surface area contributed by atoms with E-state index in [-0.39, 0.29) is 11.6 Å². The van der Waals surface area contributed by atoms with Gasteiger partial charge in [0, 0.05) is 29.8 Å². The van der Waals surface area contributed by atoms with Gasteiger partial charge in [0.05, 0.1) is 30.3 Å². The molecule has 1 atom stereocenters. The van der Waals surface area contributed by atoms with E-state index in [1.165, 1.54) is 6.07 Å². The molecule has 0 aliphatic carbocycles. The molecule has 0 fully saturated rings. The lowest BCUT2D eigenvalue weighted by atomic mass is 10.0. The predicted molar refractivity (Wildman–Crippen MR) is 109 cm³/mol. The fourth-order valence-electron chi connectivity index (χ4n) is 3.72. The Morgan fingerprint density at radius 1 is 1.34 bits per heavy atom. The van der Waals surface area contributed by atoms with Crippen molar-refractivity contribution in [2.75, 3.05) is 12.3 Å². The molecule has 6 nitrogen and oxygen atoms in total. The van der Waals surface area contributed by atoms with Crippen LogP contribution in [-0.4, -0.2) is 27.3 Å². The summed E-state index contributed by atoms with van der Waals surface area (Å²) >= 11 is 5.86. The van der Waals surface area contributed by atoms with E-state index in [1.54, 1.807) is 23.2 Å². The highest BCUT2D eigenvalue weighted by atomic mass is 35.5. The lowest BCUT2D eigenvalue weighted by Gasteiger charge is -2.28. The van der Waals surface area contributed by atoms with Crippen LogP contribution >= 0.6 is 11.6 Å². The molecule has 3 heterocycles. The van der Waals surface area contributed by atoms with Gasteiger partial charge in [-0.05, 0) is 37.1 Å². The Morgan fingerprint density at radius 2 is 2.10 bits per heavy atom. The minimum Gasteiger partial charge on any atom is -0.383 e. The van der Waals surface area contributed by atoms with Gasteiger partial charge in [-0.15, -0.1) is 0 Å². The van der Waals surface area contributed by atoms with Crippen molar-refractivity contribution in [2.45, 2.75) is 33.1 Å². The van der Waals surface area contributed by atoms with Gasteiger partial charge in [0.1, 0.15) is 16.8 Å². The monoisotopic (exact) mass is 414 g/mol. The molecule has 2 N–H and O–H groups in total. The van der Waals surface area contributed by atoms with E-state index in [9.17, 15) is 9.18 Å². The molecule has 1 aliphatic rings. The summed E-state index contributed by atoms with van der Waals surface area (Å²) in [6, 6.07) is 6.00. The van der Waals surface area contributed by atoms with Crippen LogP contribution in [0.4, 0.5) is 10.2 Å². The molecule has 4 rings (SSSR count). The van der Waals surface area contributed by atoms with Crippen molar-refractivity contribution < 1.29 is 13.9 Å². The molecule has 0 bridgehead atoms. The number of halogens is 2. The molecule has 0 radical (unpaired) electrons. The molecule has 0 saturated carbocycles. The average Bonchev–Trinajstić information content (AvgIpc) is 3.19. The van der Waals surface area contributed by atoms with Gasteiger partial charge in [0.25, 0.3) is 5.91 Å². The summed E-state index contributed by atoms with van der Waals surface area (Å²) in [6.45, 7) is 4.86. The van der Waals surface area contributed by atoms with Gasteiger partial charge >= 0.3 is 0 Å². The number of benzene rings is 1. The van der Waals surface area contributed by atoms with Crippen molar-refractivity contribution in [1.29, 1.82) is 0 Å². The van der Waals surface area contributed by atoms with Crippen molar-refractivity contribution in [1.82, 2.24) is 14.9 Å². The first-order valence-electron chi connectivity index (χ1n) is 9.31. The number of nitrogens with zero attached hydrogens (tertiary/aromatic N) is 3. The van der Waals surface area contributed by atoms with Crippen molar-refractivity contribution in [3.63, 3.8) is 0 Å². The minimum atomic E-state index is -0.631. The van der Waals surface area contributed by atoms with Crippen LogP contribution in [0.25, 0.3) is 10.9 Å². The number of pyridine rings is 2. The summed E-state index contributed by atoms with van der Waals surface area (Å²) in [5.41, 5.74) is 8.85. The van der Waals surface area contributed by atoms with Gasteiger partial charge in [-0.25, -0.2) is 14.4 Å². The number of rotatable bonds is 4. The summed E-state index contributed by atoms with van der Waals surface area (Å²) in [6.07, 6.45) is 1.62. The van der Waals surface area contributed by atoms with Crippen LogP contribution in [0.1, 0.15) is 46.9 Å². The number of hydrogen-bond acceptors (Lipinski definition) is 5. The van der Waals surface area contributed by atoms with E-state index in [0.717, 1.165) is 16.7 Å². The molecule has 1 unspecified atom stereocenters. The Hall–Kier alpha value is -2.77. The molecule has 0 spiro atoms. The Labute approximate surface area is 172 Å². The van der Waals surface area contributed by atoms with E-state index in [2.05, 4.69) is 9.97 Å². The van der Waals surface area contributed by atoms with Crippen molar-refractivity contribution in [3.05, 3.63) is 63.7 Å². The van der Waals surface area contributed by atoms with Crippen LogP contribution in [0.5, 0.6) is 0 Å². The first-order chi connectivity index (χ1) is 13.9. The molecule has 1 aliphatic heterocycles. The molecular weight excluding hydrogens is 395 g/mol. The number of nitrogen functional groups attached to an aromatic ring is 1. The molecular formula is C21H20ClFN4O2. The maximum Gasteiger partial charge on any atom is 0.257 e. The van der Waals surface area contributed by atoms with Crippen LogP contribution in [-0.2, 0) is 18.0 Å². The molecule has 8 heteroatoms. The van der Waals surface area contributed by atoms with Crippen LogP contribution in [0, 0.1) is 5.82 Å². The lowest BCUT2D eigenvalue weighted by molar-refractivity contribution is 0.0697. The van der Waals surface area contributed by atoms with Crippen molar-refractivity contribution >= 4 is 34.2 Å². The van der Waals surface area contributed by atoms with Crippen LogP contribution in [0.3, 0.4) is 0 Å². The summed E-state index contributed by atoms with van der Waals surface area (Å²) in [7, 11) is 0. The predicted octanol–water partition coefficient (Wildman–Crippen LogP) is 4.26. The third kappa shape index (κ3) is 3.41. The van der Waals surface area contributed by atoms with E-state index in [4.69, 9.17) is 22.1 Å². The Bertz CT molecular complexity index is 1100. The zero-order valence-electron chi connectivity index (χ0n) is 16.1. The number of ether oxygens (including phenoxy) is 1. The van der Waals surface area contributed by atoms with Crippen molar-refractivity contribution in [2.24, 2.45) is 0 Å². The van der Waals surface area contributed by atoms with Gasteiger partial charge in [0.15, 0.2) is 0 Å². The van der Waals surface area contributed by atoms with Gasteiger partial charge in [-0.3, -0.25) is 4.79 Å². The summed E-state index contributed by atoms with van der Waals surface area (Å²) < 4.78 is 20.4. The van der Waals surface area contributed by atoms with E-state index < -0.39 is 11.7 Å². The summed E-state index contributed by atoms with van der Waals surface area (Å²) in [5.74, 6) is -0.700. The third-order valence-corrected chi connectivity index (χ3v) is 5.57. The first-order valence-corrected chi connectivity index (χ1v) is 9.69. The van der Waals surface area contributed by atoms with E-state index in [0.29, 0.717) is 41.6 Å². The largest absolute Gasteiger partial charge is 0.383 e. The molecule has 1 aromatic carbocycles. The maximum atomic E-state index is 14.9. The molecule has 150 valence electrons. The third-order valence-electron chi connectivity index (χ3n) is 5.35. The standard InChI is InChI=1S/C21H20ClFN4O2/c1-3-27(11(2)12-4-5-19(22)25-8-12)21(28)14-6-13-15-9-29-10-16(15)20(24)26-18(13)7-17(14)23/h4-8,11H,3,9-10H2,1-2H3,(H2,24,26). The Kier molecular flexibility index (Phi) is 5.10. The second kappa shape index (κ2) is 7.57. The molecule has 1 amide bonds. The minimum absolute atomic E-state index is 0.00575. The number of carbonyl (C=O) groups is 1. The van der Waals surface area contributed by atoms with Crippen LogP contribution in [0.2, 0.25) is 5.15 Å². The number of nitrogens with two attached hydrogens (primary N) is 1. The fourth-order valence-corrected chi connectivity index (χ4v) is 3.83. The SMILES string of the molecule is CCN(C(=O)c1cc2c3c(c(N)nc2cc1F)COC3)C(C)c1ccc(Cl)nc1. The first kappa shape index (κ1) is 19.5. The molecule has 0 saturated heterocycles. The highest BCUT2D eigenvalue weighted by Gasteiger charge is 2.26. The molecule has 2 aromatic heterocycles. The molecule has 29 heavy (non-hydrogen) atoms. The summed E-state index contributed by atoms with van der Waals surface area (Å²) in [4.78, 5) is 23.2. The number of anilines is 1. The zero-order valence-corrected chi connectivity index (χ0v) is 16.8. The molecule has 3 aromatic rings.